The van der Waals surface area contributed by atoms with E-state index in [0.29, 0.717) is 16.7 Å². The number of nitro groups is 3. The Bertz CT molecular complexity index is 2840. The number of non-ortho nitro benzene ring substituents is 3. The van der Waals surface area contributed by atoms with Crippen LogP contribution in [0.5, 0.6) is 0 Å². The van der Waals surface area contributed by atoms with Crippen molar-refractivity contribution in [3.05, 3.63) is 132 Å². The summed E-state index contributed by atoms with van der Waals surface area (Å²) in [7, 11) is 1.30. The number of nitrogens with zero attached hydrogens (tertiary/aromatic N) is 4. The summed E-state index contributed by atoms with van der Waals surface area (Å²) in [6.45, 7) is 4.72. The number of carbonyl (C=O) groups is 5. The van der Waals surface area contributed by atoms with Gasteiger partial charge >= 0.3 is 24.4 Å². The Morgan fingerprint density at radius 1 is 0.738 bits per heavy atom. The van der Waals surface area contributed by atoms with Crippen molar-refractivity contribution in [2.45, 2.75) is 158 Å². The van der Waals surface area contributed by atoms with Gasteiger partial charge in [-0.05, 0) is 119 Å². The molecule has 31 nitrogen and oxygen atoms in total. The van der Waals surface area contributed by atoms with Gasteiger partial charge in [-0.2, -0.15) is 0 Å². The molecule has 0 aromatic heterocycles. The molecule has 2 fully saturated rings. The molecule has 2 saturated carbocycles. The molecule has 0 spiro atoms. The molecule has 12 atom stereocenters. The number of nitro benzene ring substituents is 3. The van der Waals surface area contributed by atoms with Crippen LogP contribution in [0.3, 0.4) is 0 Å². The third-order valence-corrected chi connectivity index (χ3v) is 13.8. The maximum absolute atomic E-state index is 14.0. The number of aliphatic hydroxyl groups excluding tert-OH is 3. The van der Waals surface area contributed by atoms with Gasteiger partial charge in [0.2, 0.25) is 12.2 Å². The summed E-state index contributed by atoms with van der Waals surface area (Å²) < 4.78 is 40.8. The molecule has 0 bridgehead atoms. The molecular formula is C53H69N9O22. The van der Waals surface area contributed by atoms with Crippen molar-refractivity contribution < 1.29 is 92.3 Å². The highest BCUT2D eigenvalue weighted by Crippen LogP contribution is 2.38. The van der Waals surface area contributed by atoms with Gasteiger partial charge in [0, 0.05) is 50.0 Å². The Morgan fingerprint density at radius 3 is 1.68 bits per heavy atom. The average molecular weight is 1180 g/mol. The predicted molar refractivity (Wildman–Crippen MR) is 289 cm³/mol. The highest BCUT2D eigenvalue weighted by molar-refractivity contribution is 5.81. The number of amides is 5. The van der Waals surface area contributed by atoms with E-state index in [1.807, 2.05) is 0 Å². The van der Waals surface area contributed by atoms with Crippen LogP contribution in [0.25, 0.3) is 0 Å². The van der Waals surface area contributed by atoms with Gasteiger partial charge in [0.1, 0.15) is 61.7 Å². The molecular weight excluding hydrogens is 1110 g/mol. The second-order valence-corrected chi connectivity index (χ2v) is 21.3. The fraction of sp³-hybridized carbons (Fsp3) is 0.528. The van der Waals surface area contributed by atoms with Crippen molar-refractivity contribution in [1.82, 2.24) is 26.2 Å². The van der Waals surface area contributed by atoms with Crippen LogP contribution in [-0.2, 0) is 57.8 Å². The Morgan fingerprint density at radius 2 is 1.20 bits per heavy atom. The van der Waals surface area contributed by atoms with E-state index in [2.05, 4.69) is 21.3 Å². The van der Waals surface area contributed by atoms with Crippen molar-refractivity contribution in [3.63, 3.8) is 0 Å². The number of alkyl carbamates (subject to hydrolysis) is 3. The van der Waals surface area contributed by atoms with Gasteiger partial charge in [-0.3, -0.25) is 35.1 Å². The van der Waals surface area contributed by atoms with Gasteiger partial charge < -0.3 is 85.5 Å². The Hall–Kier alpha value is -8.33. The largest absolute Gasteiger partial charge is 0.466 e. The van der Waals surface area contributed by atoms with Crippen molar-refractivity contribution in [3.8, 4) is 0 Å². The summed E-state index contributed by atoms with van der Waals surface area (Å²) in [5.74, 6) is -0.911. The first-order chi connectivity index (χ1) is 39.6. The summed E-state index contributed by atoms with van der Waals surface area (Å²) in [5, 5.41) is 91.4. The van der Waals surface area contributed by atoms with Crippen LogP contribution >= 0.6 is 0 Å². The number of hydrogen-bond donors (Lipinski definition) is 9. The minimum Gasteiger partial charge on any atom is -0.466 e. The van der Waals surface area contributed by atoms with Crippen molar-refractivity contribution in [2.24, 2.45) is 5.73 Å². The van der Waals surface area contributed by atoms with Gasteiger partial charge in [-0.1, -0.05) is 0 Å². The van der Waals surface area contributed by atoms with E-state index >= 15 is 0 Å². The van der Waals surface area contributed by atoms with Crippen molar-refractivity contribution in [1.29, 1.82) is 0 Å². The monoisotopic (exact) mass is 1180 g/mol. The quantitative estimate of drug-likeness (QED) is 0.0396. The molecule has 1 aliphatic heterocycles. The molecule has 0 radical (unpaired) electrons. The van der Waals surface area contributed by atoms with Crippen molar-refractivity contribution in [2.75, 3.05) is 20.1 Å². The number of carbonyl (C=O) groups excluding carboxylic acids is 5. The maximum Gasteiger partial charge on any atom is 0.410 e. The van der Waals surface area contributed by atoms with Crippen LogP contribution in [0.2, 0.25) is 0 Å². The molecule has 458 valence electrons. The molecule has 2 aliphatic carbocycles. The van der Waals surface area contributed by atoms with E-state index in [1.165, 1.54) is 86.8 Å². The third kappa shape index (κ3) is 18.1. The van der Waals surface area contributed by atoms with Gasteiger partial charge in [0.15, 0.2) is 0 Å². The molecule has 0 unspecified atom stereocenters. The Kier molecular flexibility index (Phi) is 22.2. The molecule has 10 N–H and O–H groups in total. The zero-order valence-electron chi connectivity index (χ0n) is 46.4. The standard InChI is InChI=1S/C53H69N9O22/c1-52(2,3)84-51(70)59(5)45-41(64)40(20-22-53(45,4)71)82-43-37(56-46(66)39(63)21-23-55-48(67)78-26-29-6-12-32(13-7-29)60(72)73)24-38(58-50(69)80-28-31-10-16-34(17-11-31)62(76)77)44(42(43)65)83-47-36(19-18-35(25-54)81-47)57-49(68)79-27-30-8-14-33(15-9-30)61(74)75/h6-18,36-45,47,63-65,71H,19-28,54H2,1-5H3,(H,55,67)(H,56,66)(H,57,68)(H,58,69)/t36-,37-,38+,39+,40+,41+,42-,43+,44-,45-,47-,53+/m1/s1. The van der Waals surface area contributed by atoms with Crippen LogP contribution in [0.15, 0.2) is 84.6 Å². The Labute approximate surface area is 480 Å². The first-order valence-electron chi connectivity index (χ1n) is 26.5. The summed E-state index contributed by atoms with van der Waals surface area (Å²) in [6, 6.07) is 10.2. The van der Waals surface area contributed by atoms with E-state index < -0.39 is 143 Å². The number of rotatable bonds is 22. The molecule has 5 amide bonds. The second kappa shape index (κ2) is 28.8. The normalized spacial score (nSPS) is 25.2. The Balaban J connectivity index is 1.28. The summed E-state index contributed by atoms with van der Waals surface area (Å²) in [6.07, 6.45) is -15.4. The highest BCUT2D eigenvalue weighted by atomic mass is 16.7. The lowest BCUT2D eigenvalue weighted by Crippen LogP contribution is -2.69. The smallest absolute Gasteiger partial charge is 0.410 e. The number of hydrogen-bond acceptors (Lipinski definition) is 23. The topological polar surface area (TPSA) is 438 Å². The van der Waals surface area contributed by atoms with Gasteiger partial charge in [0.25, 0.3) is 17.1 Å². The van der Waals surface area contributed by atoms with E-state index in [1.54, 1.807) is 26.8 Å². The number of likely N-dealkylation sites (N-methyl/N-ethyl adjacent to an activating group) is 1. The van der Waals surface area contributed by atoms with E-state index in [4.69, 9.17) is 38.9 Å². The molecule has 3 aromatic rings. The van der Waals surface area contributed by atoms with E-state index in [-0.39, 0.29) is 68.4 Å². The van der Waals surface area contributed by atoms with E-state index in [9.17, 15) is 74.7 Å². The minimum absolute atomic E-state index is 0.00830. The van der Waals surface area contributed by atoms with Crippen LogP contribution in [0.1, 0.15) is 76.5 Å². The maximum atomic E-state index is 14.0. The molecule has 31 heteroatoms. The lowest BCUT2D eigenvalue weighted by molar-refractivity contribution is -0.385. The fourth-order valence-corrected chi connectivity index (χ4v) is 9.54. The first-order valence-corrected chi connectivity index (χ1v) is 26.5. The van der Waals surface area contributed by atoms with E-state index in [0.717, 1.165) is 4.90 Å². The molecule has 3 aromatic carbocycles. The number of aliphatic hydroxyl groups is 4. The lowest BCUT2D eigenvalue weighted by atomic mass is 9.77. The second-order valence-electron chi connectivity index (χ2n) is 21.3. The zero-order chi connectivity index (χ0) is 61.6. The number of benzene rings is 3. The minimum atomic E-state index is -1.99. The molecule has 1 heterocycles. The first kappa shape index (κ1) is 64.8. The summed E-state index contributed by atoms with van der Waals surface area (Å²) in [5.41, 5.74) is 3.80. The number of ether oxygens (including phenoxy) is 7. The molecule has 0 saturated heterocycles. The van der Waals surface area contributed by atoms with Gasteiger partial charge in [0.05, 0.1) is 57.2 Å². The SMILES string of the molecule is CN(C(=O)OC(C)(C)C)[C@@H]1[C@@H](O)[C@@H](O[C@@H]2[C@@H](O)[C@H](O[C@H]3OC(CN)=CC[C@H]3NC(=O)OCc3ccc([N+](=O)[O-])cc3)[C@@H](NC(=O)OCc3ccc([N+](=O)[O-])cc3)C[C@H]2NC(=O)[C@@H](O)CCNC(=O)OCc2ccc([N+](=O)[O-])cc2)CC[C@]1(C)O. The number of nitrogens with one attached hydrogen (secondary N) is 4. The number of nitrogens with two attached hydrogens (primary N) is 1. The van der Waals surface area contributed by atoms with Crippen LogP contribution in [-0.4, -0.2) is 169 Å². The summed E-state index contributed by atoms with van der Waals surface area (Å²) in [4.78, 5) is 99.8. The average Bonchev–Trinajstić information content (AvgIpc) is 2.16. The third-order valence-electron chi connectivity index (χ3n) is 13.8. The predicted octanol–water partition coefficient (Wildman–Crippen LogP) is 3.10. The van der Waals surface area contributed by atoms with Gasteiger partial charge in [-0.25, -0.2) is 19.2 Å². The van der Waals surface area contributed by atoms with Crippen LogP contribution in [0, 0.1) is 30.3 Å². The molecule has 6 rings (SSSR count). The summed E-state index contributed by atoms with van der Waals surface area (Å²) >= 11 is 0. The van der Waals surface area contributed by atoms with Gasteiger partial charge in [-0.15, -0.1) is 0 Å². The lowest BCUT2D eigenvalue weighted by Gasteiger charge is -2.51. The zero-order valence-corrected chi connectivity index (χ0v) is 46.4. The highest BCUT2D eigenvalue weighted by Gasteiger charge is 2.54. The molecule has 84 heavy (non-hydrogen) atoms. The molecule has 3 aliphatic rings. The van der Waals surface area contributed by atoms with Crippen molar-refractivity contribution >= 4 is 47.3 Å². The van der Waals surface area contributed by atoms with Crippen LogP contribution in [0.4, 0.5) is 36.2 Å². The fourth-order valence-electron chi connectivity index (χ4n) is 9.54. The van der Waals surface area contributed by atoms with Crippen LogP contribution < -0.4 is 27.0 Å².